The molecule has 0 saturated heterocycles. The van der Waals surface area contributed by atoms with Crippen LogP contribution in [-0.4, -0.2) is 29.3 Å². The lowest BCUT2D eigenvalue weighted by molar-refractivity contribution is 0.0719. The molecule has 1 aliphatic carbocycles. The van der Waals surface area contributed by atoms with Gasteiger partial charge in [-0.15, -0.1) is 0 Å². The minimum absolute atomic E-state index is 0.0122. The van der Waals surface area contributed by atoms with Gasteiger partial charge in [-0.05, 0) is 41.7 Å². The van der Waals surface area contributed by atoms with E-state index >= 15 is 0 Å². The number of benzene rings is 2. The van der Waals surface area contributed by atoms with Gasteiger partial charge in [0.1, 0.15) is 0 Å². The summed E-state index contributed by atoms with van der Waals surface area (Å²) in [5.41, 5.74) is 5.24. The van der Waals surface area contributed by atoms with Crippen LogP contribution in [0, 0.1) is 5.92 Å². The molecule has 138 valence electrons. The molecule has 3 unspecified atom stereocenters. The first-order chi connectivity index (χ1) is 12.9. The Balaban J connectivity index is 1.57. The summed E-state index contributed by atoms with van der Waals surface area (Å²) in [6, 6.07) is 13.4. The van der Waals surface area contributed by atoms with Crippen molar-refractivity contribution in [1.29, 1.82) is 0 Å². The van der Waals surface area contributed by atoms with Crippen LogP contribution in [0.25, 0.3) is 11.3 Å². The van der Waals surface area contributed by atoms with Crippen molar-refractivity contribution >= 4 is 9.84 Å². The summed E-state index contributed by atoms with van der Waals surface area (Å²) in [6.45, 7) is 0. The Bertz CT molecular complexity index is 1150. The number of fused-ring (bicyclic) bond motifs is 4. The predicted octanol–water partition coefficient (Wildman–Crippen LogP) is 3.15. The second-order valence-corrected chi connectivity index (χ2v) is 9.51. The summed E-state index contributed by atoms with van der Waals surface area (Å²) in [5, 5.41) is 11.2. The molecular formula is C21H20N2O3S. The number of hydrogen-bond donors (Lipinski definition) is 1. The van der Waals surface area contributed by atoms with Crippen LogP contribution < -0.4 is 0 Å². The van der Waals surface area contributed by atoms with Gasteiger partial charge in [0.2, 0.25) is 0 Å². The quantitative estimate of drug-likeness (QED) is 0.741. The SMILES string of the molecule is CS(=O)(=O)c1ccc2c(c1)CCC(C1c3ccccc3-c3cncn31)C2O. The topological polar surface area (TPSA) is 72.2 Å². The molecule has 3 aromatic rings. The average Bonchev–Trinajstić information content (AvgIpc) is 3.22. The van der Waals surface area contributed by atoms with E-state index in [4.69, 9.17) is 0 Å². The van der Waals surface area contributed by atoms with Crippen LogP contribution in [0.5, 0.6) is 0 Å². The van der Waals surface area contributed by atoms with Gasteiger partial charge in [-0.25, -0.2) is 13.4 Å². The number of nitrogens with zero attached hydrogens (tertiary/aromatic N) is 2. The van der Waals surface area contributed by atoms with Gasteiger partial charge in [0.15, 0.2) is 9.84 Å². The number of hydrogen-bond acceptors (Lipinski definition) is 4. The molecule has 3 atom stereocenters. The third-order valence-corrected chi connectivity index (χ3v) is 7.05. The summed E-state index contributed by atoms with van der Waals surface area (Å²) in [7, 11) is -3.25. The van der Waals surface area contributed by atoms with Gasteiger partial charge in [0.25, 0.3) is 0 Å². The molecule has 27 heavy (non-hydrogen) atoms. The van der Waals surface area contributed by atoms with E-state index in [1.54, 1.807) is 18.2 Å². The Kier molecular flexibility index (Phi) is 3.58. The molecule has 0 bridgehead atoms. The van der Waals surface area contributed by atoms with Crippen LogP contribution in [0.4, 0.5) is 0 Å². The Hall–Kier alpha value is -2.44. The number of aliphatic hydroxyl groups excluding tert-OH is 1. The van der Waals surface area contributed by atoms with Gasteiger partial charge < -0.3 is 9.67 Å². The molecule has 1 aromatic heterocycles. The van der Waals surface area contributed by atoms with Gasteiger partial charge >= 0.3 is 0 Å². The van der Waals surface area contributed by atoms with E-state index in [1.807, 2.05) is 24.7 Å². The minimum atomic E-state index is -3.25. The lowest BCUT2D eigenvalue weighted by atomic mass is 9.76. The maximum atomic E-state index is 11.8. The van der Waals surface area contributed by atoms with Crippen LogP contribution in [0.2, 0.25) is 0 Å². The zero-order valence-corrected chi connectivity index (χ0v) is 15.7. The van der Waals surface area contributed by atoms with Crippen molar-refractivity contribution < 1.29 is 13.5 Å². The van der Waals surface area contributed by atoms with Crippen molar-refractivity contribution in [2.24, 2.45) is 5.92 Å². The normalized spacial score (nSPS) is 23.6. The fourth-order valence-corrected chi connectivity index (χ4v) is 5.34. The van der Waals surface area contributed by atoms with E-state index in [9.17, 15) is 13.5 Å². The standard InChI is InChI=1S/C21H20N2O3S/c1-27(25,26)14-7-9-15-13(10-14)6-8-18(21(15)24)20-17-5-3-2-4-16(17)19-11-22-12-23(19)20/h2-5,7,9-12,18,20-21,24H,6,8H2,1H3. The monoisotopic (exact) mass is 380 g/mol. The highest BCUT2D eigenvalue weighted by molar-refractivity contribution is 7.90. The maximum absolute atomic E-state index is 11.8. The van der Waals surface area contributed by atoms with Crippen LogP contribution >= 0.6 is 0 Å². The summed E-state index contributed by atoms with van der Waals surface area (Å²) >= 11 is 0. The van der Waals surface area contributed by atoms with Gasteiger partial charge in [0, 0.05) is 17.7 Å². The summed E-state index contributed by atoms with van der Waals surface area (Å²) in [5.74, 6) is 0.0122. The predicted molar refractivity (Wildman–Crippen MR) is 102 cm³/mol. The minimum Gasteiger partial charge on any atom is -0.388 e. The molecular weight excluding hydrogens is 360 g/mol. The van der Waals surface area contributed by atoms with Crippen molar-refractivity contribution in [2.75, 3.05) is 6.26 Å². The number of aryl methyl sites for hydroxylation is 1. The first-order valence-electron chi connectivity index (χ1n) is 9.07. The Morgan fingerprint density at radius 1 is 1.15 bits per heavy atom. The van der Waals surface area contributed by atoms with E-state index in [-0.39, 0.29) is 12.0 Å². The molecule has 1 N–H and O–H groups in total. The Labute approximate surface area is 158 Å². The second-order valence-electron chi connectivity index (χ2n) is 7.50. The fourth-order valence-electron chi connectivity index (χ4n) is 4.67. The number of imidazole rings is 1. The number of aliphatic hydroxyl groups is 1. The molecule has 2 aromatic carbocycles. The van der Waals surface area contributed by atoms with Gasteiger partial charge in [-0.1, -0.05) is 30.3 Å². The van der Waals surface area contributed by atoms with Gasteiger partial charge in [-0.2, -0.15) is 0 Å². The van der Waals surface area contributed by atoms with Crippen LogP contribution in [-0.2, 0) is 16.3 Å². The highest BCUT2D eigenvalue weighted by atomic mass is 32.2. The third kappa shape index (κ3) is 2.47. The van der Waals surface area contributed by atoms with E-state index in [2.05, 4.69) is 21.7 Å². The molecule has 0 spiro atoms. The van der Waals surface area contributed by atoms with E-state index in [1.165, 1.54) is 17.4 Å². The smallest absolute Gasteiger partial charge is 0.175 e. The van der Waals surface area contributed by atoms with Crippen LogP contribution in [0.15, 0.2) is 59.9 Å². The molecule has 0 amide bonds. The third-order valence-electron chi connectivity index (χ3n) is 5.94. The van der Waals surface area contributed by atoms with Crippen LogP contribution in [0.1, 0.15) is 35.3 Å². The van der Waals surface area contributed by atoms with E-state index in [0.29, 0.717) is 4.90 Å². The van der Waals surface area contributed by atoms with E-state index in [0.717, 1.165) is 29.7 Å². The summed E-state index contributed by atoms with van der Waals surface area (Å²) in [4.78, 5) is 4.63. The van der Waals surface area contributed by atoms with Crippen molar-refractivity contribution in [3.8, 4) is 11.3 Å². The molecule has 6 heteroatoms. The fraction of sp³-hybridized carbons (Fsp3) is 0.286. The summed E-state index contributed by atoms with van der Waals surface area (Å²) in [6.07, 6.45) is 5.83. The molecule has 5 nitrogen and oxygen atoms in total. The Morgan fingerprint density at radius 2 is 1.96 bits per heavy atom. The van der Waals surface area contributed by atoms with Crippen molar-refractivity contribution in [2.45, 2.75) is 29.9 Å². The molecule has 0 radical (unpaired) electrons. The van der Waals surface area contributed by atoms with Crippen molar-refractivity contribution in [1.82, 2.24) is 9.55 Å². The van der Waals surface area contributed by atoms with Gasteiger partial charge in [0.05, 0.1) is 35.3 Å². The molecule has 5 rings (SSSR count). The highest BCUT2D eigenvalue weighted by Gasteiger charge is 2.40. The molecule has 0 fully saturated rings. The van der Waals surface area contributed by atoms with Gasteiger partial charge in [-0.3, -0.25) is 0 Å². The molecule has 0 saturated carbocycles. The largest absolute Gasteiger partial charge is 0.388 e. The maximum Gasteiger partial charge on any atom is 0.175 e. The highest BCUT2D eigenvalue weighted by Crippen LogP contribution is 2.49. The zero-order chi connectivity index (χ0) is 18.8. The number of sulfone groups is 1. The second kappa shape index (κ2) is 5.78. The zero-order valence-electron chi connectivity index (χ0n) is 14.9. The average molecular weight is 380 g/mol. The Morgan fingerprint density at radius 3 is 2.78 bits per heavy atom. The van der Waals surface area contributed by atoms with Crippen molar-refractivity contribution in [3.05, 3.63) is 71.7 Å². The summed E-state index contributed by atoms with van der Waals surface area (Å²) < 4.78 is 25.9. The first-order valence-corrected chi connectivity index (χ1v) is 11.0. The number of rotatable bonds is 2. The molecule has 1 aliphatic heterocycles. The first kappa shape index (κ1) is 16.7. The van der Waals surface area contributed by atoms with Crippen LogP contribution in [0.3, 0.4) is 0 Å². The molecule has 2 heterocycles. The van der Waals surface area contributed by atoms with E-state index < -0.39 is 15.9 Å². The lowest BCUT2D eigenvalue weighted by Crippen LogP contribution is -2.28. The number of aromatic nitrogens is 2. The van der Waals surface area contributed by atoms with Crippen molar-refractivity contribution in [3.63, 3.8) is 0 Å². The molecule has 2 aliphatic rings. The lowest BCUT2D eigenvalue weighted by Gasteiger charge is -2.35.